The van der Waals surface area contributed by atoms with Crippen molar-refractivity contribution in [3.63, 3.8) is 0 Å². The number of ether oxygens (including phenoxy) is 1. The molecular formula is C20H19N3O2S2. The number of aryl methyl sites for hydroxylation is 2. The fourth-order valence-corrected chi connectivity index (χ4v) is 3.90. The number of hydrogen-bond donors (Lipinski definition) is 2. The average molecular weight is 398 g/mol. The summed E-state index contributed by atoms with van der Waals surface area (Å²) in [5, 5.41) is 6.48. The zero-order chi connectivity index (χ0) is 19.4. The maximum Gasteiger partial charge on any atom is 0.250 e. The number of hydrogen-bond acceptors (Lipinski definition) is 5. The Bertz CT molecular complexity index is 1020. The molecule has 2 aromatic carbocycles. The summed E-state index contributed by atoms with van der Waals surface area (Å²) in [6.07, 6.45) is 3.14. The van der Waals surface area contributed by atoms with Gasteiger partial charge in [0.25, 0.3) is 0 Å². The number of benzene rings is 2. The molecule has 0 radical (unpaired) electrons. The SMILES string of the molecule is COc1ccc(/C=C/C(=O)NC(=S)Nc2nc3c(C)cc(C)cc3s2)cc1. The summed E-state index contributed by atoms with van der Waals surface area (Å²) in [4.78, 5) is 16.6. The summed E-state index contributed by atoms with van der Waals surface area (Å²) in [7, 11) is 1.61. The molecule has 7 heteroatoms. The summed E-state index contributed by atoms with van der Waals surface area (Å²) >= 11 is 6.72. The van der Waals surface area contributed by atoms with Crippen molar-refractivity contribution >= 4 is 56.0 Å². The Morgan fingerprint density at radius 2 is 1.96 bits per heavy atom. The molecule has 138 valence electrons. The van der Waals surface area contributed by atoms with Gasteiger partial charge in [0, 0.05) is 6.08 Å². The van der Waals surface area contributed by atoms with Crippen LogP contribution in [-0.4, -0.2) is 23.1 Å². The number of methoxy groups -OCH3 is 1. The number of fused-ring (bicyclic) bond motifs is 1. The Morgan fingerprint density at radius 1 is 1.22 bits per heavy atom. The largest absolute Gasteiger partial charge is 0.497 e. The molecule has 1 amide bonds. The second-order valence-electron chi connectivity index (χ2n) is 6.00. The highest BCUT2D eigenvalue weighted by molar-refractivity contribution is 7.80. The first kappa shape index (κ1) is 19.0. The van der Waals surface area contributed by atoms with Gasteiger partial charge in [-0.15, -0.1) is 0 Å². The second kappa shape index (κ2) is 8.28. The highest BCUT2D eigenvalue weighted by atomic mass is 32.1. The molecule has 0 fully saturated rings. The van der Waals surface area contributed by atoms with Crippen molar-refractivity contribution in [3.8, 4) is 5.75 Å². The van der Waals surface area contributed by atoms with E-state index in [-0.39, 0.29) is 11.0 Å². The van der Waals surface area contributed by atoms with Gasteiger partial charge in [0.1, 0.15) is 5.75 Å². The number of carbonyl (C=O) groups is 1. The summed E-state index contributed by atoms with van der Waals surface area (Å²) in [6.45, 7) is 4.09. The van der Waals surface area contributed by atoms with Crippen LogP contribution >= 0.6 is 23.6 Å². The summed E-state index contributed by atoms with van der Waals surface area (Å²) in [5.41, 5.74) is 4.14. The van der Waals surface area contributed by atoms with Crippen LogP contribution in [0, 0.1) is 13.8 Å². The van der Waals surface area contributed by atoms with Crippen LogP contribution in [0.1, 0.15) is 16.7 Å². The lowest BCUT2D eigenvalue weighted by atomic mass is 10.1. The van der Waals surface area contributed by atoms with Crippen LogP contribution in [-0.2, 0) is 4.79 Å². The van der Waals surface area contributed by atoms with E-state index in [0.717, 1.165) is 27.1 Å². The maximum atomic E-state index is 12.0. The molecule has 0 saturated carbocycles. The molecule has 0 bridgehead atoms. The molecule has 27 heavy (non-hydrogen) atoms. The van der Waals surface area contributed by atoms with Crippen LogP contribution in [0.4, 0.5) is 5.13 Å². The topological polar surface area (TPSA) is 63.2 Å². The van der Waals surface area contributed by atoms with E-state index in [9.17, 15) is 4.79 Å². The van der Waals surface area contributed by atoms with Crippen LogP contribution < -0.4 is 15.4 Å². The Morgan fingerprint density at radius 3 is 2.67 bits per heavy atom. The molecule has 0 aliphatic heterocycles. The van der Waals surface area contributed by atoms with Crippen LogP contribution in [0.2, 0.25) is 0 Å². The highest BCUT2D eigenvalue weighted by Crippen LogP contribution is 2.29. The number of amides is 1. The van der Waals surface area contributed by atoms with Crippen molar-refractivity contribution in [2.24, 2.45) is 0 Å². The Kier molecular flexibility index (Phi) is 5.83. The first-order valence-corrected chi connectivity index (χ1v) is 9.49. The normalized spacial score (nSPS) is 10.9. The van der Waals surface area contributed by atoms with Crippen molar-refractivity contribution in [2.45, 2.75) is 13.8 Å². The van der Waals surface area contributed by atoms with Gasteiger partial charge in [-0.3, -0.25) is 10.1 Å². The lowest BCUT2D eigenvalue weighted by molar-refractivity contribution is -0.115. The quantitative estimate of drug-likeness (QED) is 0.503. The third-order valence-corrected chi connectivity index (χ3v) is 4.95. The number of aromatic nitrogens is 1. The first-order valence-electron chi connectivity index (χ1n) is 8.26. The maximum absolute atomic E-state index is 12.0. The standard InChI is InChI=1S/C20H19N3O2S2/c1-12-10-13(2)18-16(11-12)27-20(22-18)23-19(26)21-17(24)9-6-14-4-7-15(25-3)8-5-14/h4-11H,1-3H3,(H2,21,22,23,24,26)/b9-6+. The number of anilines is 1. The van der Waals surface area contributed by atoms with Crippen molar-refractivity contribution in [1.29, 1.82) is 0 Å². The third-order valence-electron chi connectivity index (χ3n) is 3.83. The van der Waals surface area contributed by atoms with Crippen molar-refractivity contribution in [1.82, 2.24) is 10.3 Å². The minimum atomic E-state index is -0.309. The highest BCUT2D eigenvalue weighted by Gasteiger charge is 2.09. The molecule has 0 aliphatic carbocycles. The van der Waals surface area contributed by atoms with Crippen LogP contribution in [0.25, 0.3) is 16.3 Å². The van der Waals surface area contributed by atoms with E-state index in [1.165, 1.54) is 23.0 Å². The van der Waals surface area contributed by atoms with Gasteiger partial charge in [0.2, 0.25) is 5.91 Å². The van der Waals surface area contributed by atoms with E-state index in [0.29, 0.717) is 5.13 Å². The summed E-state index contributed by atoms with van der Waals surface area (Å²) in [5.74, 6) is 0.458. The molecule has 0 spiro atoms. The van der Waals surface area contributed by atoms with E-state index < -0.39 is 0 Å². The number of nitrogens with one attached hydrogen (secondary N) is 2. The van der Waals surface area contributed by atoms with Crippen LogP contribution in [0.5, 0.6) is 5.75 Å². The molecule has 5 nitrogen and oxygen atoms in total. The van der Waals surface area contributed by atoms with E-state index in [4.69, 9.17) is 17.0 Å². The molecule has 0 atom stereocenters. The summed E-state index contributed by atoms with van der Waals surface area (Å²) < 4.78 is 6.19. The van der Waals surface area contributed by atoms with Gasteiger partial charge in [-0.2, -0.15) is 0 Å². The minimum absolute atomic E-state index is 0.216. The van der Waals surface area contributed by atoms with Crippen LogP contribution in [0.3, 0.4) is 0 Å². The van der Waals surface area contributed by atoms with Gasteiger partial charge in [0.15, 0.2) is 10.2 Å². The van der Waals surface area contributed by atoms with Gasteiger partial charge in [-0.1, -0.05) is 29.5 Å². The molecule has 1 heterocycles. The van der Waals surface area contributed by atoms with Crippen molar-refractivity contribution in [2.75, 3.05) is 12.4 Å². The third kappa shape index (κ3) is 4.90. The number of thiazole rings is 1. The number of rotatable bonds is 4. The number of thiocarbonyl (C=S) groups is 1. The average Bonchev–Trinajstić information content (AvgIpc) is 3.02. The van der Waals surface area contributed by atoms with Crippen LogP contribution in [0.15, 0.2) is 42.5 Å². The fourth-order valence-electron chi connectivity index (χ4n) is 2.59. The molecule has 3 aromatic rings. The van der Waals surface area contributed by atoms with Gasteiger partial charge >= 0.3 is 0 Å². The molecule has 2 N–H and O–H groups in total. The monoisotopic (exact) mass is 397 g/mol. The second-order valence-corrected chi connectivity index (χ2v) is 7.44. The molecule has 3 rings (SSSR count). The molecule has 0 aliphatic rings. The van der Waals surface area contributed by atoms with E-state index in [1.807, 2.05) is 31.2 Å². The lowest BCUT2D eigenvalue weighted by Gasteiger charge is -2.04. The Labute approximate surface area is 167 Å². The molecule has 0 saturated heterocycles. The fraction of sp³-hybridized carbons (Fsp3) is 0.150. The molecular weight excluding hydrogens is 378 g/mol. The predicted octanol–water partition coefficient (Wildman–Crippen LogP) is 4.45. The number of nitrogens with zero attached hydrogens (tertiary/aromatic N) is 1. The number of carbonyl (C=O) groups excluding carboxylic acids is 1. The van der Waals surface area contributed by atoms with E-state index in [2.05, 4.69) is 34.7 Å². The Balaban J connectivity index is 1.60. The zero-order valence-electron chi connectivity index (χ0n) is 15.2. The van der Waals surface area contributed by atoms with E-state index >= 15 is 0 Å². The van der Waals surface area contributed by atoms with Gasteiger partial charge < -0.3 is 10.1 Å². The Hall–Kier alpha value is -2.77. The van der Waals surface area contributed by atoms with Crippen molar-refractivity contribution < 1.29 is 9.53 Å². The smallest absolute Gasteiger partial charge is 0.250 e. The summed E-state index contributed by atoms with van der Waals surface area (Å²) in [6, 6.07) is 11.6. The minimum Gasteiger partial charge on any atom is -0.497 e. The molecule has 1 aromatic heterocycles. The lowest BCUT2D eigenvalue weighted by Crippen LogP contribution is -2.32. The zero-order valence-corrected chi connectivity index (χ0v) is 16.8. The molecule has 0 unspecified atom stereocenters. The first-order chi connectivity index (χ1) is 12.9. The van der Waals surface area contributed by atoms with Gasteiger partial charge in [0.05, 0.1) is 17.3 Å². The van der Waals surface area contributed by atoms with E-state index in [1.54, 1.807) is 13.2 Å². The predicted molar refractivity (Wildman–Crippen MR) is 115 cm³/mol. The van der Waals surface area contributed by atoms with Crippen molar-refractivity contribution in [3.05, 3.63) is 59.2 Å². The van der Waals surface area contributed by atoms with Gasteiger partial charge in [-0.05, 0) is 67.0 Å². The van der Waals surface area contributed by atoms with Gasteiger partial charge in [-0.25, -0.2) is 4.98 Å².